The van der Waals surface area contributed by atoms with Crippen molar-refractivity contribution in [1.29, 1.82) is 0 Å². The van der Waals surface area contributed by atoms with Crippen molar-refractivity contribution in [2.75, 3.05) is 6.61 Å². The number of nitrogens with one attached hydrogen (secondary N) is 2. The lowest BCUT2D eigenvalue weighted by molar-refractivity contribution is -0.139. The van der Waals surface area contributed by atoms with Crippen LogP contribution in [0.15, 0.2) is 48.5 Å². The van der Waals surface area contributed by atoms with Gasteiger partial charge in [-0.2, -0.15) is 0 Å². The van der Waals surface area contributed by atoms with Crippen molar-refractivity contribution in [3.05, 3.63) is 65.4 Å². The van der Waals surface area contributed by atoms with Crippen LogP contribution in [-0.2, 0) is 11.2 Å². The summed E-state index contributed by atoms with van der Waals surface area (Å²) in [6.07, 6.45) is 1.44. The predicted octanol–water partition coefficient (Wildman–Crippen LogP) is 3.65. The maximum Gasteiger partial charge on any atom is 0.321 e. The quantitative estimate of drug-likeness (QED) is 0.657. The largest absolute Gasteiger partial charge is 0.494 e. The minimum atomic E-state index is -0.825. The van der Waals surface area contributed by atoms with Gasteiger partial charge in [0, 0.05) is 23.0 Å². The SMILES string of the molecule is CCCOc1ccc(C2NC(C(=O)O)Cc3c2[nH]c2ccccc32)cc1. The Morgan fingerprint density at radius 2 is 1.96 bits per heavy atom. The van der Waals surface area contributed by atoms with E-state index in [0.717, 1.165) is 39.9 Å². The summed E-state index contributed by atoms with van der Waals surface area (Å²) in [5, 5.41) is 14.0. The molecule has 2 aromatic carbocycles. The zero-order chi connectivity index (χ0) is 18.1. The molecule has 2 unspecified atom stereocenters. The fraction of sp³-hybridized carbons (Fsp3) is 0.286. The topological polar surface area (TPSA) is 74.3 Å². The molecule has 3 aromatic rings. The van der Waals surface area contributed by atoms with Gasteiger partial charge in [0.05, 0.1) is 12.6 Å². The van der Waals surface area contributed by atoms with Gasteiger partial charge in [0.15, 0.2) is 0 Å². The molecule has 2 atom stereocenters. The van der Waals surface area contributed by atoms with Gasteiger partial charge in [-0.05, 0) is 35.7 Å². The van der Waals surface area contributed by atoms with E-state index in [1.165, 1.54) is 0 Å². The van der Waals surface area contributed by atoms with Gasteiger partial charge in [-0.1, -0.05) is 37.3 Å². The molecule has 0 spiro atoms. The van der Waals surface area contributed by atoms with Gasteiger partial charge in [-0.25, -0.2) is 0 Å². The first-order valence-corrected chi connectivity index (χ1v) is 8.98. The van der Waals surface area contributed by atoms with Crippen LogP contribution in [0.5, 0.6) is 5.75 Å². The van der Waals surface area contributed by atoms with Crippen LogP contribution < -0.4 is 10.1 Å². The first-order valence-electron chi connectivity index (χ1n) is 8.98. The van der Waals surface area contributed by atoms with Crippen LogP contribution in [0.2, 0.25) is 0 Å². The van der Waals surface area contributed by atoms with Gasteiger partial charge in [0.1, 0.15) is 11.8 Å². The second kappa shape index (κ2) is 6.84. The third kappa shape index (κ3) is 2.95. The van der Waals surface area contributed by atoms with E-state index in [-0.39, 0.29) is 6.04 Å². The molecule has 2 heterocycles. The molecule has 0 saturated carbocycles. The number of ether oxygens (including phenoxy) is 1. The number of benzene rings is 2. The standard InChI is InChI=1S/C21H22N2O3/c1-2-11-26-14-9-7-13(8-10-14)19-20-16(12-18(23-19)21(24)25)15-5-3-4-6-17(15)22-20/h3-10,18-19,22-23H,2,11-12H2,1H3,(H,24,25). The number of carbonyl (C=O) groups is 1. The predicted molar refractivity (Wildman–Crippen MR) is 101 cm³/mol. The van der Waals surface area contributed by atoms with Gasteiger partial charge in [-0.3, -0.25) is 10.1 Å². The Hall–Kier alpha value is -2.79. The number of fused-ring (bicyclic) bond motifs is 3. The monoisotopic (exact) mass is 350 g/mol. The number of rotatable bonds is 5. The van der Waals surface area contributed by atoms with Gasteiger partial charge in [0.2, 0.25) is 0 Å². The summed E-state index contributed by atoms with van der Waals surface area (Å²) in [6.45, 7) is 2.76. The normalized spacial score (nSPS) is 19.3. The number of hydrogen-bond acceptors (Lipinski definition) is 3. The fourth-order valence-corrected chi connectivity index (χ4v) is 3.63. The second-order valence-electron chi connectivity index (χ2n) is 6.67. The molecule has 0 aliphatic carbocycles. The molecule has 134 valence electrons. The number of H-pyrrole nitrogens is 1. The smallest absolute Gasteiger partial charge is 0.321 e. The Morgan fingerprint density at radius 1 is 1.19 bits per heavy atom. The number of carboxylic acid groups (broad SMARTS) is 1. The van der Waals surface area contributed by atoms with Crippen molar-refractivity contribution < 1.29 is 14.6 Å². The van der Waals surface area contributed by atoms with Crippen molar-refractivity contribution in [3.63, 3.8) is 0 Å². The first-order chi connectivity index (χ1) is 12.7. The van der Waals surface area contributed by atoms with Gasteiger partial charge in [0.25, 0.3) is 0 Å². The van der Waals surface area contributed by atoms with Crippen molar-refractivity contribution in [2.24, 2.45) is 0 Å². The Morgan fingerprint density at radius 3 is 2.69 bits per heavy atom. The molecular weight excluding hydrogens is 328 g/mol. The summed E-state index contributed by atoms with van der Waals surface area (Å²) >= 11 is 0. The average Bonchev–Trinajstić information content (AvgIpc) is 3.04. The van der Waals surface area contributed by atoms with Crippen LogP contribution in [-0.4, -0.2) is 28.7 Å². The van der Waals surface area contributed by atoms with E-state index in [9.17, 15) is 9.90 Å². The van der Waals surface area contributed by atoms with E-state index < -0.39 is 12.0 Å². The molecule has 0 amide bonds. The summed E-state index contributed by atoms with van der Waals surface area (Å²) in [4.78, 5) is 15.2. The van der Waals surface area contributed by atoms with Crippen LogP contribution in [0.25, 0.3) is 10.9 Å². The lowest BCUT2D eigenvalue weighted by Gasteiger charge is -2.29. The highest BCUT2D eigenvalue weighted by Crippen LogP contribution is 2.35. The van der Waals surface area contributed by atoms with Crippen molar-refractivity contribution in [2.45, 2.75) is 31.8 Å². The minimum Gasteiger partial charge on any atom is -0.494 e. The van der Waals surface area contributed by atoms with E-state index in [4.69, 9.17) is 4.74 Å². The summed E-state index contributed by atoms with van der Waals surface area (Å²) in [5.74, 6) is 0.00638. The van der Waals surface area contributed by atoms with Crippen LogP contribution >= 0.6 is 0 Å². The van der Waals surface area contributed by atoms with Crippen molar-refractivity contribution in [3.8, 4) is 5.75 Å². The summed E-state index contributed by atoms with van der Waals surface area (Å²) < 4.78 is 5.65. The van der Waals surface area contributed by atoms with E-state index in [1.54, 1.807) is 0 Å². The Balaban J connectivity index is 1.74. The molecule has 0 saturated heterocycles. The summed E-state index contributed by atoms with van der Waals surface area (Å²) in [5.41, 5.74) is 4.19. The lowest BCUT2D eigenvalue weighted by Crippen LogP contribution is -2.44. The van der Waals surface area contributed by atoms with Crippen molar-refractivity contribution in [1.82, 2.24) is 10.3 Å². The van der Waals surface area contributed by atoms with Gasteiger partial charge >= 0.3 is 5.97 Å². The van der Waals surface area contributed by atoms with Gasteiger partial charge in [-0.15, -0.1) is 0 Å². The highest BCUT2D eigenvalue weighted by molar-refractivity contribution is 5.87. The highest BCUT2D eigenvalue weighted by Gasteiger charge is 2.33. The summed E-state index contributed by atoms with van der Waals surface area (Å²) in [7, 11) is 0. The maximum atomic E-state index is 11.7. The molecule has 3 N–H and O–H groups in total. The number of aromatic amines is 1. The number of para-hydroxylation sites is 1. The van der Waals surface area contributed by atoms with Crippen LogP contribution in [0, 0.1) is 0 Å². The molecule has 5 nitrogen and oxygen atoms in total. The molecule has 0 bridgehead atoms. The number of hydrogen-bond donors (Lipinski definition) is 3. The zero-order valence-electron chi connectivity index (χ0n) is 14.7. The van der Waals surface area contributed by atoms with Gasteiger partial charge < -0.3 is 14.8 Å². The Bertz CT molecular complexity index is 930. The lowest BCUT2D eigenvalue weighted by atomic mass is 9.90. The van der Waals surface area contributed by atoms with E-state index in [1.807, 2.05) is 48.5 Å². The van der Waals surface area contributed by atoms with Crippen molar-refractivity contribution >= 4 is 16.9 Å². The molecule has 4 rings (SSSR count). The molecule has 26 heavy (non-hydrogen) atoms. The fourth-order valence-electron chi connectivity index (χ4n) is 3.63. The second-order valence-corrected chi connectivity index (χ2v) is 6.67. The Kier molecular flexibility index (Phi) is 4.39. The molecule has 1 aliphatic rings. The Labute approximate surface area is 152 Å². The zero-order valence-corrected chi connectivity index (χ0v) is 14.7. The number of aliphatic carboxylic acids is 1. The minimum absolute atomic E-state index is 0.188. The molecular formula is C21H22N2O3. The molecule has 0 radical (unpaired) electrons. The summed E-state index contributed by atoms with van der Waals surface area (Å²) in [6, 6.07) is 15.2. The number of carboxylic acids is 1. The van der Waals surface area contributed by atoms with Crippen LogP contribution in [0.4, 0.5) is 0 Å². The average molecular weight is 350 g/mol. The molecule has 0 fully saturated rings. The first kappa shape index (κ1) is 16.7. The van der Waals surface area contributed by atoms with E-state index >= 15 is 0 Å². The molecule has 1 aliphatic heterocycles. The third-order valence-electron chi connectivity index (χ3n) is 4.90. The van der Waals surface area contributed by atoms with E-state index in [2.05, 4.69) is 17.2 Å². The van der Waals surface area contributed by atoms with Crippen LogP contribution in [0.1, 0.15) is 36.2 Å². The van der Waals surface area contributed by atoms with E-state index in [0.29, 0.717) is 13.0 Å². The number of aromatic nitrogens is 1. The molecule has 5 heteroatoms. The maximum absolute atomic E-state index is 11.7. The molecule has 1 aromatic heterocycles. The van der Waals surface area contributed by atoms with Crippen LogP contribution in [0.3, 0.4) is 0 Å². The third-order valence-corrected chi connectivity index (χ3v) is 4.90. The highest BCUT2D eigenvalue weighted by atomic mass is 16.5.